The molecule has 0 radical (unpaired) electrons. The van der Waals surface area contributed by atoms with Crippen molar-refractivity contribution in [2.75, 3.05) is 26.6 Å². The van der Waals surface area contributed by atoms with E-state index in [4.69, 9.17) is 14.2 Å². The molecular weight excluding hydrogens is 326 g/mol. The van der Waals surface area contributed by atoms with Gasteiger partial charge in [0.25, 0.3) is 11.5 Å². The van der Waals surface area contributed by atoms with Crippen molar-refractivity contribution in [3.63, 3.8) is 0 Å². The number of rotatable bonds is 2. The highest BCUT2D eigenvalue weighted by molar-refractivity contribution is 5.95. The third kappa shape index (κ3) is 2.96. The Hall–Kier alpha value is -2.87. The molecule has 130 valence electrons. The van der Waals surface area contributed by atoms with Gasteiger partial charge in [0.1, 0.15) is 5.82 Å². The van der Waals surface area contributed by atoms with Crippen LogP contribution in [-0.2, 0) is 4.74 Å². The fourth-order valence-electron chi connectivity index (χ4n) is 3.06. The molecule has 1 saturated heterocycles. The second-order valence-electron chi connectivity index (χ2n) is 5.91. The Morgan fingerprint density at radius 1 is 1.28 bits per heavy atom. The van der Waals surface area contributed by atoms with Gasteiger partial charge in [-0.3, -0.25) is 9.59 Å². The van der Waals surface area contributed by atoms with Crippen LogP contribution in [0.5, 0.6) is 11.5 Å². The summed E-state index contributed by atoms with van der Waals surface area (Å²) in [5.41, 5.74) is 0.774. The van der Waals surface area contributed by atoms with Crippen LogP contribution in [0.2, 0.25) is 0 Å². The molecule has 1 fully saturated rings. The number of aromatic amines is 1. The highest BCUT2D eigenvalue weighted by Gasteiger charge is 2.31. The Balaban J connectivity index is 1.66. The van der Waals surface area contributed by atoms with E-state index in [-0.39, 0.29) is 18.3 Å². The van der Waals surface area contributed by atoms with E-state index in [9.17, 15) is 9.59 Å². The van der Waals surface area contributed by atoms with Crippen LogP contribution in [0.1, 0.15) is 27.9 Å². The maximum atomic E-state index is 13.0. The molecule has 2 aromatic rings. The van der Waals surface area contributed by atoms with Gasteiger partial charge in [-0.2, -0.15) is 0 Å². The fraction of sp³-hybridized carbons (Fsp3) is 0.353. The van der Waals surface area contributed by atoms with Gasteiger partial charge < -0.3 is 24.1 Å². The highest BCUT2D eigenvalue weighted by Crippen LogP contribution is 2.33. The Bertz CT molecular complexity index is 879. The molecule has 0 bridgehead atoms. The molecule has 1 atom stereocenters. The molecule has 0 aliphatic carbocycles. The molecule has 1 unspecified atom stereocenters. The van der Waals surface area contributed by atoms with Gasteiger partial charge in [0.15, 0.2) is 11.5 Å². The molecule has 25 heavy (non-hydrogen) atoms. The lowest BCUT2D eigenvalue weighted by molar-refractivity contribution is -0.00402. The maximum Gasteiger partial charge on any atom is 0.254 e. The molecule has 0 spiro atoms. The van der Waals surface area contributed by atoms with E-state index < -0.39 is 6.04 Å². The number of aromatic nitrogens is 2. The summed E-state index contributed by atoms with van der Waals surface area (Å²) in [7, 11) is 0. The van der Waals surface area contributed by atoms with Gasteiger partial charge in [-0.25, -0.2) is 4.98 Å². The fourth-order valence-corrected chi connectivity index (χ4v) is 3.06. The largest absolute Gasteiger partial charge is 0.454 e. The Morgan fingerprint density at radius 2 is 2.12 bits per heavy atom. The number of morpholine rings is 1. The SMILES string of the molecule is Cc1nc(C2COCCN2C(=O)c2ccc3c(c2)OCO3)cc(=O)[nH]1. The van der Waals surface area contributed by atoms with Crippen LogP contribution < -0.4 is 15.0 Å². The summed E-state index contributed by atoms with van der Waals surface area (Å²) >= 11 is 0. The van der Waals surface area contributed by atoms with Gasteiger partial charge in [0.2, 0.25) is 6.79 Å². The van der Waals surface area contributed by atoms with Crippen LogP contribution in [0.3, 0.4) is 0 Å². The number of fused-ring (bicyclic) bond motifs is 1. The van der Waals surface area contributed by atoms with E-state index >= 15 is 0 Å². The monoisotopic (exact) mass is 343 g/mol. The van der Waals surface area contributed by atoms with E-state index in [0.29, 0.717) is 48.3 Å². The van der Waals surface area contributed by atoms with Crippen molar-refractivity contribution >= 4 is 5.91 Å². The highest BCUT2D eigenvalue weighted by atomic mass is 16.7. The third-order valence-corrected chi connectivity index (χ3v) is 4.23. The standard InChI is InChI=1S/C17H17N3O5/c1-10-18-12(7-16(21)19-10)13-8-23-5-4-20(13)17(22)11-2-3-14-15(6-11)25-9-24-14/h2-3,6-7,13H,4-5,8-9H2,1H3,(H,18,19,21). The van der Waals surface area contributed by atoms with E-state index in [1.54, 1.807) is 30.0 Å². The van der Waals surface area contributed by atoms with Gasteiger partial charge in [0, 0.05) is 18.2 Å². The minimum atomic E-state index is -0.410. The Labute approximate surface area is 143 Å². The number of aryl methyl sites for hydroxylation is 1. The lowest BCUT2D eigenvalue weighted by Gasteiger charge is -2.35. The predicted molar refractivity (Wildman–Crippen MR) is 86.8 cm³/mol. The van der Waals surface area contributed by atoms with Crippen LogP contribution in [0.25, 0.3) is 0 Å². The second kappa shape index (κ2) is 6.21. The number of carbonyl (C=O) groups excluding carboxylic acids is 1. The van der Waals surface area contributed by atoms with Crippen molar-refractivity contribution < 1.29 is 19.0 Å². The first kappa shape index (κ1) is 15.6. The number of amides is 1. The van der Waals surface area contributed by atoms with E-state index in [2.05, 4.69) is 9.97 Å². The lowest BCUT2D eigenvalue weighted by Crippen LogP contribution is -2.44. The van der Waals surface area contributed by atoms with Crippen molar-refractivity contribution in [2.45, 2.75) is 13.0 Å². The van der Waals surface area contributed by atoms with Gasteiger partial charge in [-0.05, 0) is 25.1 Å². The van der Waals surface area contributed by atoms with Crippen LogP contribution >= 0.6 is 0 Å². The smallest absolute Gasteiger partial charge is 0.254 e. The molecule has 2 aliphatic rings. The first-order valence-electron chi connectivity index (χ1n) is 7.98. The molecule has 1 N–H and O–H groups in total. The van der Waals surface area contributed by atoms with E-state index in [0.717, 1.165) is 0 Å². The van der Waals surface area contributed by atoms with Crippen LogP contribution in [-0.4, -0.2) is 47.3 Å². The zero-order valence-corrected chi connectivity index (χ0v) is 13.7. The minimum absolute atomic E-state index is 0.156. The van der Waals surface area contributed by atoms with Gasteiger partial charge in [-0.1, -0.05) is 0 Å². The molecule has 4 rings (SSSR count). The number of nitrogens with zero attached hydrogens (tertiary/aromatic N) is 2. The van der Waals surface area contributed by atoms with Crippen LogP contribution in [0.15, 0.2) is 29.1 Å². The minimum Gasteiger partial charge on any atom is -0.454 e. The summed E-state index contributed by atoms with van der Waals surface area (Å²) in [6.07, 6.45) is 0. The summed E-state index contributed by atoms with van der Waals surface area (Å²) < 4.78 is 16.1. The number of benzene rings is 1. The van der Waals surface area contributed by atoms with Crippen molar-refractivity contribution in [2.24, 2.45) is 0 Å². The average Bonchev–Trinajstić information content (AvgIpc) is 3.08. The average molecular weight is 343 g/mol. The van der Waals surface area contributed by atoms with Crippen molar-refractivity contribution in [1.29, 1.82) is 0 Å². The summed E-state index contributed by atoms with van der Waals surface area (Å²) in [6.45, 7) is 3.02. The Kier molecular flexibility index (Phi) is 3.89. The number of nitrogens with one attached hydrogen (secondary N) is 1. The Morgan fingerprint density at radius 3 is 2.96 bits per heavy atom. The number of H-pyrrole nitrogens is 1. The van der Waals surface area contributed by atoms with Crippen molar-refractivity contribution in [3.05, 3.63) is 51.7 Å². The van der Waals surface area contributed by atoms with Gasteiger partial charge in [-0.15, -0.1) is 0 Å². The zero-order chi connectivity index (χ0) is 17.4. The predicted octanol–water partition coefficient (Wildman–Crippen LogP) is 1.02. The maximum absolute atomic E-state index is 13.0. The van der Waals surface area contributed by atoms with E-state index in [1.807, 2.05) is 0 Å². The molecule has 2 aliphatic heterocycles. The topological polar surface area (TPSA) is 93.8 Å². The second-order valence-corrected chi connectivity index (χ2v) is 5.91. The summed E-state index contributed by atoms with van der Waals surface area (Å²) in [6, 6.07) is 6.10. The number of carbonyl (C=O) groups is 1. The third-order valence-electron chi connectivity index (χ3n) is 4.23. The number of ether oxygens (including phenoxy) is 3. The first-order chi connectivity index (χ1) is 12.1. The summed E-state index contributed by atoms with van der Waals surface area (Å²) in [5.74, 6) is 1.53. The molecule has 0 saturated carbocycles. The number of hydrogen-bond donors (Lipinski definition) is 1. The lowest BCUT2D eigenvalue weighted by atomic mass is 10.1. The van der Waals surface area contributed by atoms with E-state index in [1.165, 1.54) is 6.07 Å². The molecular formula is C17H17N3O5. The molecule has 8 heteroatoms. The quantitative estimate of drug-likeness (QED) is 0.875. The molecule has 1 amide bonds. The summed E-state index contributed by atoms with van der Waals surface area (Å²) in [5, 5.41) is 0. The van der Waals surface area contributed by atoms with Crippen LogP contribution in [0.4, 0.5) is 0 Å². The van der Waals surface area contributed by atoms with Crippen LogP contribution in [0, 0.1) is 6.92 Å². The molecule has 1 aromatic carbocycles. The van der Waals surface area contributed by atoms with Gasteiger partial charge >= 0.3 is 0 Å². The normalized spacial score (nSPS) is 19.1. The molecule has 8 nitrogen and oxygen atoms in total. The first-order valence-corrected chi connectivity index (χ1v) is 7.98. The summed E-state index contributed by atoms with van der Waals surface area (Å²) in [4.78, 5) is 33.4. The van der Waals surface area contributed by atoms with Crippen molar-refractivity contribution in [1.82, 2.24) is 14.9 Å². The van der Waals surface area contributed by atoms with Gasteiger partial charge in [0.05, 0.1) is 24.9 Å². The number of hydrogen-bond acceptors (Lipinski definition) is 6. The van der Waals surface area contributed by atoms with Crippen molar-refractivity contribution in [3.8, 4) is 11.5 Å². The molecule has 1 aromatic heterocycles. The zero-order valence-electron chi connectivity index (χ0n) is 13.7. The molecule has 3 heterocycles.